The molecular formula is C32H57NS. The Hall–Kier alpha value is -1.38. The molecule has 0 saturated carbocycles. The van der Waals surface area contributed by atoms with Gasteiger partial charge in [-0.15, -0.1) is 24.5 Å². The monoisotopic (exact) mass is 487 g/mol. The van der Waals surface area contributed by atoms with E-state index in [2.05, 4.69) is 88.3 Å². The minimum absolute atomic E-state index is 1.27. The number of thiophene rings is 1. The topological polar surface area (TPSA) is 3.24 Å². The fourth-order valence-corrected chi connectivity index (χ4v) is 5.49. The number of hydrogen-bond acceptors (Lipinski definition) is 2. The summed E-state index contributed by atoms with van der Waals surface area (Å²) in [5.41, 5.74) is 6.13. The van der Waals surface area contributed by atoms with E-state index in [1.54, 1.807) is 20.9 Å². The van der Waals surface area contributed by atoms with Crippen molar-refractivity contribution in [3.63, 3.8) is 0 Å². The molecule has 1 nitrogen and oxygen atoms in total. The first-order valence-electron chi connectivity index (χ1n) is 13.9. The molecule has 0 bridgehead atoms. The quantitative estimate of drug-likeness (QED) is 0.335. The smallest absolute Gasteiger partial charge is 0.00829 e. The van der Waals surface area contributed by atoms with E-state index in [9.17, 15) is 0 Å². The van der Waals surface area contributed by atoms with Gasteiger partial charge in [0, 0.05) is 9.75 Å². The largest absolute Gasteiger partial charge is 0.303 e. The molecule has 0 amide bonds. The summed E-state index contributed by atoms with van der Waals surface area (Å²) in [6.45, 7) is 29.0. The van der Waals surface area contributed by atoms with Gasteiger partial charge in [0.2, 0.25) is 0 Å². The van der Waals surface area contributed by atoms with E-state index in [4.69, 9.17) is 0 Å². The van der Waals surface area contributed by atoms with Gasteiger partial charge in [0.1, 0.15) is 0 Å². The Morgan fingerprint density at radius 3 is 1.71 bits per heavy atom. The van der Waals surface area contributed by atoms with Crippen molar-refractivity contribution in [2.24, 2.45) is 0 Å². The second-order valence-corrected chi connectivity index (χ2v) is 9.65. The highest BCUT2D eigenvalue weighted by atomic mass is 32.1. The molecule has 196 valence electrons. The normalized spacial score (nSPS) is 11.4. The highest BCUT2D eigenvalue weighted by Gasteiger charge is 2.18. The van der Waals surface area contributed by atoms with Gasteiger partial charge >= 0.3 is 0 Å². The molecule has 0 fully saturated rings. The Morgan fingerprint density at radius 2 is 1.24 bits per heavy atom. The van der Waals surface area contributed by atoms with Crippen LogP contribution in [-0.2, 0) is 19.3 Å². The molecule has 0 N–H and O–H groups in total. The van der Waals surface area contributed by atoms with Crippen LogP contribution in [0.5, 0.6) is 0 Å². The molecule has 0 atom stereocenters. The van der Waals surface area contributed by atoms with Crippen LogP contribution in [-0.4, -0.2) is 24.5 Å². The summed E-state index contributed by atoms with van der Waals surface area (Å²) >= 11 is 2.08. The Labute approximate surface area is 218 Å². The second kappa shape index (κ2) is 23.4. The lowest BCUT2D eigenvalue weighted by molar-refractivity contribution is 0.271. The predicted octanol–water partition coefficient (Wildman–Crippen LogP) is 10.1. The maximum Gasteiger partial charge on any atom is 0.00829 e. The van der Waals surface area contributed by atoms with Crippen LogP contribution in [0.4, 0.5) is 0 Å². The number of rotatable bonds is 8. The lowest BCUT2D eigenvalue weighted by atomic mass is 9.93. The van der Waals surface area contributed by atoms with Crippen LogP contribution in [0, 0.1) is 20.8 Å². The molecule has 2 heteroatoms. The van der Waals surface area contributed by atoms with Crippen molar-refractivity contribution in [3.05, 3.63) is 69.4 Å². The van der Waals surface area contributed by atoms with Gasteiger partial charge in [0.15, 0.2) is 0 Å². The van der Waals surface area contributed by atoms with Crippen LogP contribution in [0.3, 0.4) is 0 Å². The van der Waals surface area contributed by atoms with E-state index in [1.165, 1.54) is 82.1 Å². The summed E-state index contributed by atoms with van der Waals surface area (Å²) in [6, 6.07) is 8.48. The molecule has 0 unspecified atom stereocenters. The van der Waals surface area contributed by atoms with Crippen LogP contribution < -0.4 is 0 Å². The molecule has 0 aliphatic heterocycles. The van der Waals surface area contributed by atoms with E-state index in [0.29, 0.717) is 0 Å². The molecule has 1 aromatic heterocycles. The average Bonchev–Trinajstić information content (AvgIpc) is 3.20. The lowest BCUT2D eigenvalue weighted by Crippen LogP contribution is -2.27. The average molecular weight is 488 g/mol. The first kappa shape index (κ1) is 34.8. The third-order valence-electron chi connectivity index (χ3n) is 5.68. The van der Waals surface area contributed by atoms with Gasteiger partial charge in [-0.3, -0.25) is 0 Å². The molecule has 1 aliphatic carbocycles. The molecule has 0 saturated heterocycles. The molecule has 1 aliphatic rings. The van der Waals surface area contributed by atoms with E-state index < -0.39 is 0 Å². The summed E-state index contributed by atoms with van der Waals surface area (Å²) in [7, 11) is 0. The van der Waals surface area contributed by atoms with Crippen LogP contribution in [0.2, 0.25) is 0 Å². The Morgan fingerprint density at radius 1 is 0.765 bits per heavy atom. The number of nitrogens with zero attached hydrogens (tertiary/aromatic N) is 1. The van der Waals surface area contributed by atoms with E-state index in [1.807, 2.05) is 27.7 Å². The van der Waals surface area contributed by atoms with E-state index in [0.717, 1.165) is 0 Å². The first-order chi connectivity index (χ1) is 16.5. The van der Waals surface area contributed by atoms with Gasteiger partial charge in [-0.1, -0.05) is 76.9 Å². The van der Waals surface area contributed by atoms with Crippen molar-refractivity contribution in [1.29, 1.82) is 0 Å². The van der Waals surface area contributed by atoms with Crippen LogP contribution >= 0.6 is 11.3 Å². The highest BCUT2D eigenvalue weighted by molar-refractivity contribution is 7.12. The van der Waals surface area contributed by atoms with Gasteiger partial charge in [-0.2, -0.15) is 0 Å². The minimum Gasteiger partial charge on any atom is -0.303 e. The molecule has 3 rings (SSSR count). The summed E-state index contributed by atoms with van der Waals surface area (Å²) in [4.78, 5) is 5.96. The number of benzene rings is 1. The third-order valence-corrected chi connectivity index (χ3v) is 6.93. The number of hydrogen-bond donors (Lipinski definition) is 0. The first-order valence-corrected chi connectivity index (χ1v) is 14.7. The molecule has 1 heterocycles. The molecule has 2 aromatic rings. The van der Waals surface area contributed by atoms with Gasteiger partial charge in [-0.05, 0) is 103 Å². The fourth-order valence-electron chi connectivity index (χ4n) is 4.18. The molecule has 0 radical (unpaired) electrons. The van der Waals surface area contributed by atoms with Crippen molar-refractivity contribution in [3.8, 4) is 0 Å². The SMILES string of the molecule is C=C.CC.CC.CCCN(CCC)CCCc1c(C)sc2c1CCCC2.Cc1ccc(C)cc1. The predicted molar refractivity (Wildman–Crippen MR) is 161 cm³/mol. The summed E-state index contributed by atoms with van der Waals surface area (Å²) < 4.78 is 0. The van der Waals surface area contributed by atoms with Crippen molar-refractivity contribution in [2.45, 2.75) is 114 Å². The van der Waals surface area contributed by atoms with Crippen LogP contribution in [0.25, 0.3) is 0 Å². The van der Waals surface area contributed by atoms with Crippen molar-refractivity contribution in [2.75, 3.05) is 19.6 Å². The molecule has 0 spiro atoms. The number of aryl methyl sites for hydroxylation is 4. The molecular weight excluding hydrogens is 430 g/mol. The summed E-state index contributed by atoms with van der Waals surface area (Å²) in [6.07, 6.45) is 10.7. The second-order valence-electron chi connectivity index (χ2n) is 8.35. The Balaban J connectivity index is 0. The maximum absolute atomic E-state index is 3.00. The Bertz CT molecular complexity index is 672. The summed E-state index contributed by atoms with van der Waals surface area (Å²) in [5, 5.41) is 0. The molecule has 34 heavy (non-hydrogen) atoms. The molecule has 1 aromatic carbocycles. The highest BCUT2D eigenvalue weighted by Crippen LogP contribution is 2.34. The van der Waals surface area contributed by atoms with E-state index in [-0.39, 0.29) is 0 Å². The zero-order valence-electron chi connectivity index (χ0n) is 24.4. The Kier molecular flexibility index (Phi) is 23.9. The lowest BCUT2D eigenvalue weighted by Gasteiger charge is -2.21. The van der Waals surface area contributed by atoms with Gasteiger partial charge < -0.3 is 4.90 Å². The third kappa shape index (κ3) is 14.1. The van der Waals surface area contributed by atoms with Crippen molar-refractivity contribution >= 4 is 11.3 Å². The van der Waals surface area contributed by atoms with Gasteiger partial charge in [-0.25, -0.2) is 0 Å². The van der Waals surface area contributed by atoms with Crippen molar-refractivity contribution < 1.29 is 0 Å². The number of fused-ring (bicyclic) bond motifs is 1. The zero-order chi connectivity index (χ0) is 26.4. The minimum atomic E-state index is 1.27. The maximum atomic E-state index is 3.00. The van der Waals surface area contributed by atoms with E-state index >= 15 is 0 Å². The van der Waals surface area contributed by atoms with Crippen LogP contribution in [0.1, 0.15) is 106 Å². The van der Waals surface area contributed by atoms with Crippen LogP contribution in [0.15, 0.2) is 37.4 Å². The standard InChI is InChI=1S/C18H31NS.C8H10.2C2H6.C2H4/c1-4-12-19(13-5-2)14-8-10-16-15(3)20-18-11-7-6-9-17(16)18;1-7-3-5-8(2)6-4-7;3*1-2/h4-14H2,1-3H3;3-6H,1-2H3;2*1-2H3;1-2H2. The summed E-state index contributed by atoms with van der Waals surface area (Å²) in [5.74, 6) is 0. The van der Waals surface area contributed by atoms with Crippen molar-refractivity contribution in [1.82, 2.24) is 4.90 Å². The van der Waals surface area contributed by atoms with Gasteiger partial charge in [0.25, 0.3) is 0 Å². The zero-order valence-corrected chi connectivity index (χ0v) is 25.2. The fraction of sp³-hybridized carbons (Fsp3) is 0.625. The van der Waals surface area contributed by atoms with Gasteiger partial charge in [0.05, 0.1) is 0 Å².